The summed E-state index contributed by atoms with van der Waals surface area (Å²) >= 11 is 5.98. The molecule has 0 spiro atoms. The predicted molar refractivity (Wildman–Crippen MR) is 172 cm³/mol. The SMILES string of the molecule is CCNC(=O)C(O)[C@H](Cc1ccc(Cl)cc1)NC(=O)[C@@H](NC(=O)CNC(=O)OCC1c2ccccc2-c2ccccc21)C(C)C. The Morgan fingerprint density at radius 3 is 2.02 bits per heavy atom. The van der Waals surface area contributed by atoms with Crippen molar-refractivity contribution in [2.45, 2.75) is 51.3 Å². The quantitative estimate of drug-likeness (QED) is 0.194. The third kappa shape index (κ3) is 8.61. The van der Waals surface area contributed by atoms with Crippen molar-refractivity contribution in [3.05, 3.63) is 94.5 Å². The van der Waals surface area contributed by atoms with Crippen LogP contribution in [0.15, 0.2) is 72.8 Å². The monoisotopic (exact) mass is 634 g/mol. The van der Waals surface area contributed by atoms with E-state index >= 15 is 0 Å². The molecule has 1 unspecified atom stereocenters. The number of ether oxygens (including phenoxy) is 1. The van der Waals surface area contributed by atoms with Crippen LogP contribution < -0.4 is 21.3 Å². The van der Waals surface area contributed by atoms with Gasteiger partial charge in [0.1, 0.15) is 19.2 Å². The summed E-state index contributed by atoms with van der Waals surface area (Å²) in [5.74, 6) is -2.28. The third-order valence-electron chi connectivity index (χ3n) is 7.70. The molecule has 11 heteroatoms. The van der Waals surface area contributed by atoms with E-state index < -0.39 is 48.5 Å². The fraction of sp³-hybridized carbons (Fsp3) is 0.353. The summed E-state index contributed by atoms with van der Waals surface area (Å²) in [5, 5.41) is 21.7. The van der Waals surface area contributed by atoms with E-state index in [-0.39, 0.29) is 24.9 Å². The van der Waals surface area contributed by atoms with Gasteiger partial charge in [0.25, 0.3) is 5.91 Å². The molecule has 4 rings (SSSR count). The Kier molecular flexibility index (Phi) is 11.6. The number of rotatable bonds is 13. The number of nitrogens with one attached hydrogen (secondary N) is 4. The number of halogens is 1. The zero-order chi connectivity index (χ0) is 32.5. The summed E-state index contributed by atoms with van der Waals surface area (Å²) in [7, 11) is 0. The highest BCUT2D eigenvalue weighted by Crippen LogP contribution is 2.44. The van der Waals surface area contributed by atoms with Gasteiger partial charge >= 0.3 is 6.09 Å². The molecule has 0 bridgehead atoms. The van der Waals surface area contributed by atoms with E-state index in [1.54, 1.807) is 45.0 Å². The minimum Gasteiger partial charge on any atom is -0.449 e. The molecule has 0 saturated heterocycles. The third-order valence-corrected chi connectivity index (χ3v) is 7.95. The first kappa shape index (κ1) is 33.5. The number of fused-ring (bicyclic) bond motifs is 3. The molecule has 10 nitrogen and oxygen atoms in total. The lowest BCUT2D eigenvalue weighted by Gasteiger charge is -2.28. The summed E-state index contributed by atoms with van der Waals surface area (Å²) in [6.07, 6.45) is -2.16. The van der Waals surface area contributed by atoms with Crippen molar-refractivity contribution < 1.29 is 29.0 Å². The molecule has 0 radical (unpaired) electrons. The second-order valence-electron chi connectivity index (χ2n) is 11.3. The van der Waals surface area contributed by atoms with Gasteiger partial charge in [0.15, 0.2) is 6.10 Å². The topological polar surface area (TPSA) is 146 Å². The number of hydrogen-bond donors (Lipinski definition) is 5. The van der Waals surface area contributed by atoms with Gasteiger partial charge in [-0.3, -0.25) is 14.4 Å². The predicted octanol–water partition coefficient (Wildman–Crippen LogP) is 3.54. The number of benzene rings is 3. The lowest BCUT2D eigenvalue weighted by molar-refractivity contribution is -0.134. The Morgan fingerprint density at radius 2 is 1.44 bits per heavy atom. The van der Waals surface area contributed by atoms with Gasteiger partial charge < -0.3 is 31.1 Å². The van der Waals surface area contributed by atoms with Gasteiger partial charge in [0, 0.05) is 17.5 Å². The van der Waals surface area contributed by atoms with Gasteiger partial charge in [-0.05, 0) is 59.2 Å². The fourth-order valence-corrected chi connectivity index (χ4v) is 5.54. The van der Waals surface area contributed by atoms with Gasteiger partial charge in [0.05, 0.1) is 6.04 Å². The highest BCUT2D eigenvalue weighted by atomic mass is 35.5. The molecule has 0 saturated carbocycles. The Labute approximate surface area is 267 Å². The van der Waals surface area contributed by atoms with E-state index in [4.69, 9.17) is 16.3 Å². The minimum absolute atomic E-state index is 0.0987. The molecule has 3 atom stereocenters. The van der Waals surface area contributed by atoms with Crippen LogP contribution in [-0.4, -0.2) is 66.8 Å². The van der Waals surface area contributed by atoms with E-state index in [1.807, 2.05) is 48.5 Å². The van der Waals surface area contributed by atoms with Gasteiger partial charge in [-0.15, -0.1) is 0 Å². The van der Waals surface area contributed by atoms with Crippen molar-refractivity contribution >= 4 is 35.4 Å². The summed E-state index contributed by atoms with van der Waals surface area (Å²) in [4.78, 5) is 51.1. The molecule has 0 fully saturated rings. The molecule has 45 heavy (non-hydrogen) atoms. The van der Waals surface area contributed by atoms with E-state index in [9.17, 15) is 24.3 Å². The number of aliphatic hydroxyl groups is 1. The van der Waals surface area contributed by atoms with E-state index in [0.29, 0.717) is 11.6 Å². The fourth-order valence-electron chi connectivity index (χ4n) is 5.41. The average Bonchev–Trinajstić information content (AvgIpc) is 3.35. The first-order chi connectivity index (χ1) is 21.6. The standard InChI is InChI=1S/C34H39ClN4O6/c1-4-36-33(43)31(41)28(17-21-13-15-22(35)16-14-21)38-32(42)30(20(2)3)39-29(40)18-37-34(44)45-19-27-25-11-7-5-9-23(25)24-10-6-8-12-26(24)27/h5-16,20,27-28,30-31,41H,4,17-19H2,1-3H3,(H,36,43)(H,37,44)(H,38,42)(H,39,40)/t28-,30-,31?/m0/s1. The number of amides is 4. The summed E-state index contributed by atoms with van der Waals surface area (Å²) in [5.41, 5.74) is 5.09. The van der Waals surface area contributed by atoms with Gasteiger partial charge in [0.2, 0.25) is 11.8 Å². The van der Waals surface area contributed by atoms with Gasteiger partial charge in [-0.25, -0.2) is 4.79 Å². The Morgan fingerprint density at radius 1 is 0.844 bits per heavy atom. The molecule has 0 aromatic heterocycles. The Hall–Kier alpha value is -4.41. The number of carbonyl (C=O) groups is 4. The number of carbonyl (C=O) groups excluding carboxylic acids is 4. The number of aliphatic hydroxyl groups excluding tert-OH is 1. The van der Waals surface area contributed by atoms with Crippen molar-refractivity contribution in [1.29, 1.82) is 0 Å². The van der Waals surface area contributed by atoms with Crippen molar-refractivity contribution in [3.8, 4) is 11.1 Å². The molecule has 1 aliphatic carbocycles. The zero-order valence-electron chi connectivity index (χ0n) is 25.5. The van der Waals surface area contributed by atoms with Crippen LogP contribution >= 0.6 is 11.6 Å². The van der Waals surface area contributed by atoms with Crippen LogP contribution in [0.25, 0.3) is 11.1 Å². The summed E-state index contributed by atoms with van der Waals surface area (Å²) < 4.78 is 5.49. The molecule has 0 heterocycles. The number of alkyl carbamates (subject to hydrolysis) is 1. The van der Waals surface area contributed by atoms with Crippen LogP contribution in [0.3, 0.4) is 0 Å². The Balaban J connectivity index is 1.33. The lowest BCUT2D eigenvalue weighted by Crippen LogP contribution is -2.58. The second kappa shape index (κ2) is 15.5. The van der Waals surface area contributed by atoms with Crippen molar-refractivity contribution in [3.63, 3.8) is 0 Å². The van der Waals surface area contributed by atoms with Crippen LogP contribution in [-0.2, 0) is 25.5 Å². The molecular weight excluding hydrogens is 596 g/mol. The number of likely N-dealkylation sites (N-methyl/N-ethyl adjacent to an activating group) is 1. The molecule has 3 aromatic carbocycles. The highest BCUT2D eigenvalue weighted by molar-refractivity contribution is 6.30. The molecule has 4 amide bonds. The summed E-state index contributed by atoms with van der Waals surface area (Å²) in [6.45, 7) is 5.21. The van der Waals surface area contributed by atoms with E-state index in [1.165, 1.54) is 0 Å². The molecule has 238 valence electrons. The van der Waals surface area contributed by atoms with Crippen LogP contribution in [0.1, 0.15) is 43.4 Å². The molecule has 5 N–H and O–H groups in total. The van der Waals surface area contributed by atoms with Crippen molar-refractivity contribution in [1.82, 2.24) is 21.3 Å². The maximum Gasteiger partial charge on any atom is 0.407 e. The largest absolute Gasteiger partial charge is 0.449 e. The van der Waals surface area contributed by atoms with Gasteiger partial charge in [-0.1, -0.05) is 86.1 Å². The number of hydrogen-bond acceptors (Lipinski definition) is 6. The first-order valence-corrected chi connectivity index (χ1v) is 15.4. The first-order valence-electron chi connectivity index (χ1n) is 15.0. The Bertz CT molecular complexity index is 1470. The lowest BCUT2D eigenvalue weighted by atomic mass is 9.98. The van der Waals surface area contributed by atoms with Crippen LogP contribution in [0.4, 0.5) is 4.79 Å². The van der Waals surface area contributed by atoms with Crippen LogP contribution in [0, 0.1) is 5.92 Å². The zero-order valence-corrected chi connectivity index (χ0v) is 26.3. The second-order valence-corrected chi connectivity index (χ2v) is 11.7. The van der Waals surface area contributed by atoms with Gasteiger partial charge in [-0.2, -0.15) is 0 Å². The molecular formula is C34H39ClN4O6. The average molecular weight is 635 g/mol. The van der Waals surface area contributed by atoms with Crippen LogP contribution in [0.5, 0.6) is 0 Å². The van der Waals surface area contributed by atoms with E-state index in [0.717, 1.165) is 27.8 Å². The van der Waals surface area contributed by atoms with Crippen molar-refractivity contribution in [2.24, 2.45) is 5.92 Å². The molecule has 0 aliphatic heterocycles. The highest BCUT2D eigenvalue weighted by Gasteiger charge is 2.32. The molecule has 3 aromatic rings. The van der Waals surface area contributed by atoms with Crippen LogP contribution in [0.2, 0.25) is 5.02 Å². The van der Waals surface area contributed by atoms with Crippen molar-refractivity contribution in [2.75, 3.05) is 19.7 Å². The smallest absolute Gasteiger partial charge is 0.407 e. The minimum atomic E-state index is -1.54. The normalized spacial score (nSPS) is 14.0. The van der Waals surface area contributed by atoms with E-state index in [2.05, 4.69) is 21.3 Å². The summed E-state index contributed by atoms with van der Waals surface area (Å²) in [6, 6.07) is 20.8. The maximum absolute atomic E-state index is 13.3. The maximum atomic E-state index is 13.3. The molecule has 1 aliphatic rings.